The molecule has 2 rings (SSSR count). The summed E-state index contributed by atoms with van der Waals surface area (Å²) in [6.45, 7) is 5.93. The normalized spacial score (nSPS) is 14.7. The summed E-state index contributed by atoms with van der Waals surface area (Å²) in [5.74, 6) is -1.02. The highest BCUT2D eigenvalue weighted by molar-refractivity contribution is 5.80. The fourth-order valence-electron chi connectivity index (χ4n) is 2.40. The second-order valence-electron chi connectivity index (χ2n) is 6.43. The molecule has 112 valence electrons. The largest absolute Gasteiger partial charge is 0.480 e. The van der Waals surface area contributed by atoms with E-state index in [2.05, 4.69) is 10.2 Å². The molecule has 2 aromatic rings. The molecule has 1 heterocycles. The molecule has 0 aliphatic carbocycles. The lowest BCUT2D eigenvalue weighted by molar-refractivity contribution is -0.145. The van der Waals surface area contributed by atoms with Gasteiger partial charge in [-0.2, -0.15) is 0 Å². The highest BCUT2D eigenvalue weighted by atomic mass is 16.4. The van der Waals surface area contributed by atoms with Crippen molar-refractivity contribution in [3.05, 3.63) is 42.5 Å². The van der Waals surface area contributed by atoms with E-state index in [0.29, 0.717) is 12.0 Å². The van der Waals surface area contributed by atoms with Crippen LogP contribution in [0.25, 0.3) is 5.69 Å². The molecule has 6 heteroatoms. The Balaban J connectivity index is 2.36. The Kier molecular flexibility index (Phi) is 3.82. The Morgan fingerprint density at radius 2 is 1.71 bits per heavy atom. The van der Waals surface area contributed by atoms with Gasteiger partial charge in [-0.3, -0.25) is 4.57 Å². The van der Waals surface area contributed by atoms with Gasteiger partial charge in [0.25, 0.3) is 0 Å². The summed E-state index contributed by atoms with van der Waals surface area (Å²) >= 11 is 0. The average molecular weight is 288 g/mol. The minimum absolute atomic E-state index is 0.194. The second-order valence-corrected chi connectivity index (χ2v) is 6.43. The van der Waals surface area contributed by atoms with Gasteiger partial charge in [0.05, 0.1) is 0 Å². The Labute approximate surface area is 123 Å². The van der Waals surface area contributed by atoms with E-state index in [1.54, 1.807) is 29.4 Å². The van der Waals surface area contributed by atoms with Crippen LogP contribution in [0.15, 0.2) is 36.9 Å². The number of hydrogen-bond donors (Lipinski definition) is 2. The summed E-state index contributed by atoms with van der Waals surface area (Å²) in [5, 5.41) is 17.0. The summed E-state index contributed by atoms with van der Waals surface area (Å²) in [6, 6.07) is 7.11. The van der Waals surface area contributed by atoms with Crippen LogP contribution in [0.1, 0.15) is 32.8 Å². The summed E-state index contributed by atoms with van der Waals surface area (Å²) in [4.78, 5) is 11.7. The summed E-state index contributed by atoms with van der Waals surface area (Å²) in [7, 11) is 0. The predicted molar refractivity (Wildman–Crippen MR) is 78.9 cm³/mol. The molecule has 0 radical (unpaired) electrons. The van der Waals surface area contributed by atoms with Crippen LogP contribution in [0.2, 0.25) is 0 Å². The average Bonchev–Trinajstić information content (AvgIpc) is 2.90. The molecule has 1 aromatic carbocycles. The molecule has 3 N–H and O–H groups in total. The van der Waals surface area contributed by atoms with Crippen LogP contribution in [0.4, 0.5) is 0 Å². The van der Waals surface area contributed by atoms with Crippen LogP contribution in [-0.4, -0.2) is 25.8 Å². The third-order valence-corrected chi connectivity index (χ3v) is 3.29. The van der Waals surface area contributed by atoms with Crippen molar-refractivity contribution in [2.24, 2.45) is 11.1 Å². The summed E-state index contributed by atoms with van der Waals surface area (Å²) in [5.41, 5.74) is 6.03. The minimum atomic E-state index is -1.40. The molecule has 0 aliphatic heterocycles. The van der Waals surface area contributed by atoms with Gasteiger partial charge in [-0.1, -0.05) is 32.9 Å². The number of nitrogens with zero attached hydrogens (tertiary/aromatic N) is 3. The lowest BCUT2D eigenvalue weighted by Gasteiger charge is -2.32. The summed E-state index contributed by atoms with van der Waals surface area (Å²) < 4.78 is 1.74. The van der Waals surface area contributed by atoms with Gasteiger partial charge in [0.1, 0.15) is 18.2 Å². The van der Waals surface area contributed by atoms with Gasteiger partial charge in [-0.15, -0.1) is 10.2 Å². The molecule has 0 amide bonds. The number of benzene rings is 1. The molecule has 0 fully saturated rings. The van der Waals surface area contributed by atoms with Crippen molar-refractivity contribution in [1.29, 1.82) is 0 Å². The van der Waals surface area contributed by atoms with Gasteiger partial charge < -0.3 is 10.8 Å². The quantitative estimate of drug-likeness (QED) is 0.896. The number of nitrogens with two attached hydrogens (primary N) is 1. The van der Waals surface area contributed by atoms with E-state index in [4.69, 9.17) is 5.73 Å². The zero-order chi connectivity index (χ0) is 15.7. The van der Waals surface area contributed by atoms with Crippen molar-refractivity contribution in [2.45, 2.75) is 32.7 Å². The van der Waals surface area contributed by atoms with Crippen LogP contribution in [0, 0.1) is 5.41 Å². The zero-order valence-electron chi connectivity index (χ0n) is 12.4. The van der Waals surface area contributed by atoms with Gasteiger partial charge >= 0.3 is 5.97 Å². The van der Waals surface area contributed by atoms with E-state index in [0.717, 1.165) is 5.69 Å². The molecular weight excluding hydrogens is 268 g/mol. The van der Waals surface area contributed by atoms with Crippen molar-refractivity contribution in [3.8, 4) is 5.69 Å². The molecule has 1 aromatic heterocycles. The Bertz CT molecular complexity index is 614. The first-order chi connectivity index (χ1) is 9.72. The third kappa shape index (κ3) is 3.28. The van der Waals surface area contributed by atoms with Gasteiger partial charge in [-0.25, -0.2) is 4.79 Å². The predicted octanol–water partition coefficient (Wildman–Crippen LogP) is 1.94. The maximum absolute atomic E-state index is 11.7. The van der Waals surface area contributed by atoms with Gasteiger partial charge in [0.15, 0.2) is 0 Å². The van der Waals surface area contributed by atoms with E-state index in [9.17, 15) is 9.90 Å². The number of carboxylic acids is 1. The Morgan fingerprint density at radius 3 is 2.14 bits per heavy atom. The molecule has 0 spiro atoms. The molecular formula is C15H20N4O2. The van der Waals surface area contributed by atoms with E-state index < -0.39 is 11.5 Å². The van der Waals surface area contributed by atoms with E-state index in [1.807, 2.05) is 32.9 Å². The van der Waals surface area contributed by atoms with Crippen LogP contribution in [0.5, 0.6) is 0 Å². The van der Waals surface area contributed by atoms with Crippen LogP contribution >= 0.6 is 0 Å². The van der Waals surface area contributed by atoms with Gasteiger partial charge in [0, 0.05) is 5.69 Å². The number of aliphatic carboxylic acids is 1. The second kappa shape index (κ2) is 5.29. The maximum Gasteiger partial charge on any atom is 0.328 e. The lowest BCUT2D eigenvalue weighted by atomic mass is 9.76. The minimum Gasteiger partial charge on any atom is -0.480 e. The first-order valence-electron chi connectivity index (χ1n) is 6.70. The molecule has 0 saturated heterocycles. The number of carbonyl (C=O) groups is 1. The SMILES string of the molecule is CC(C)(C)CC(N)(C(=O)O)c1ccc(-n2cnnc2)cc1. The maximum atomic E-state index is 11.7. The van der Waals surface area contributed by atoms with Gasteiger partial charge in [0.2, 0.25) is 0 Å². The smallest absolute Gasteiger partial charge is 0.328 e. The summed E-state index contributed by atoms with van der Waals surface area (Å²) in [6.07, 6.45) is 3.51. The number of carboxylic acid groups (broad SMARTS) is 1. The zero-order valence-corrected chi connectivity index (χ0v) is 12.4. The Hall–Kier alpha value is -2.21. The van der Waals surface area contributed by atoms with Crippen molar-refractivity contribution >= 4 is 5.97 Å². The highest BCUT2D eigenvalue weighted by Gasteiger charge is 2.39. The van der Waals surface area contributed by atoms with Crippen LogP contribution < -0.4 is 5.73 Å². The molecule has 1 unspecified atom stereocenters. The third-order valence-electron chi connectivity index (χ3n) is 3.29. The number of hydrogen-bond acceptors (Lipinski definition) is 4. The van der Waals surface area contributed by atoms with E-state index >= 15 is 0 Å². The lowest BCUT2D eigenvalue weighted by Crippen LogP contribution is -2.47. The monoisotopic (exact) mass is 288 g/mol. The van der Waals surface area contributed by atoms with Crippen molar-refractivity contribution < 1.29 is 9.90 Å². The highest BCUT2D eigenvalue weighted by Crippen LogP contribution is 2.33. The molecule has 0 bridgehead atoms. The van der Waals surface area contributed by atoms with Crippen molar-refractivity contribution in [2.75, 3.05) is 0 Å². The molecule has 21 heavy (non-hydrogen) atoms. The topological polar surface area (TPSA) is 94.0 Å². The van der Waals surface area contributed by atoms with E-state index in [-0.39, 0.29) is 5.41 Å². The molecule has 6 nitrogen and oxygen atoms in total. The molecule has 0 aliphatic rings. The van der Waals surface area contributed by atoms with Crippen LogP contribution in [-0.2, 0) is 10.3 Å². The van der Waals surface area contributed by atoms with Gasteiger partial charge in [-0.05, 0) is 29.5 Å². The van der Waals surface area contributed by atoms with E-state index in [1.165, 1.54) is 0 Å². The molecule has 1 atom stereocenters. The van der Waals surface area contributed by atoms with Crippen molar-refractivity contribution in [3.63, 3.8) is 0 Å². The first kappa shape index (κ1) is 15.2. The fraction of sp³-hybridized carbons (Fsp3) is 0.400. The fourth-order valence-corrected chi connectivity index (χ4v) is 2.40. The number of rotatable bonds is 4. The first-order valence-corrected chi connectivity index (χ1v) is 6.70. The Morgan fingerprint density at radius 1 is 1.19 bits per heavy atom. The molecule has 0 saturated carbocycles. The standard InChI is InChI=1S/C15H20N4O2/c1-14(2,3)8-15(16,13(20)21)11-4-6-12(7-5-11)19-9-17-18-10-19/h4-7,9-10H,8,16H2,1-3H3,(H,20,21). The number of aromatic nitrogens is 3. The van der Waals surface area contributed by atoms with Crippen LogP contribution in [0.3, 0.4) is 0 Å². The van der Waals surface area contributed by atoms with Crippen molar-refractivity contribution in [1.82, 2.24) is 14.8 Å².